The summed E-state index contributed by atoms with van der Waals surface area (Å²) in [4.78, 5) is 24.6. The maximum Gasteiger partial charge on any atom is 0.222 e. The summed E-state index contributed by atoms with van der Waals surface area (Å²) in [6.07, 6.45) is 0.690. The van der Waals surface area contributed by atoms with Crippen LogP contribution in [0.15, 0.2) is 48.5 Å². The number of aryl methyl sites for hydroxylation is 1. The third kappa shape index (κ3) is 4.75. The Labute approximate surface area is 161 Å². The van der Waals surface area contributed by atoms with Crippen LogP contribution >= 0.6 is 0 Å². The van der Waals surface area contributed by atoms with E-state index in [2.05, 4.69) is 10.3 Å². The first-order chi connectivity index (χ1) is 13.4. The number of nitrogens with two attached hydrogens (primary N) is 1. The van der Waals surface area contributed by atoms with Crippen molar-refractivity contribution >= 4 is 22.7 Å². The van der Waals surface area contributed by atoms with Crippen LogP contribution < -0.4 is 11.1 Å². The fourth-order valence-corrected chi connectivity index (χ4v) is 3.16. The highest BCUT2D eigenvalue weighted by molar-refractivity contribution is 5.91. The summed E-state index contributed by atoms with van der Waals surface area (Å²) in [7, 11) is 0. The fourth-order valence-electron chi connectivity index (χ4n) is 3.16. The van der Waals surface area contributed by atoms with E-state index in [9.17, 15) is 14.0 Å². The van der Waals surface area contributed by atoms with Gasteiger partial charge < -0.3 is 21.1 Å². The molecule has 1 saturated heterocycles. The molecule has 146 valence electrons. The fraction of sp³-hybridized carbons (Fsp3) is 0.238. The molecule has 4 rings (SSSR count). The van der Waals surface area contributed by atoms with Gasteiger partial charge >= 0.3 is 0 Å². The van der Waals surface area contributed by atoms with Gasteiger partial charge in [-0.25, -0.2) is 4.39 Å². The lowest BCUT2D eigenvalue weighted by molar-refractivity contribution is -0.119. The minimum atomic E-state index is -0.438. The van der Waals surface area contributed by atoms with Gasteiger partial charge in [-0.1, -0.05) is 18.2 Å². The van der Waals surface area contributed by atoms with E-state index < -0.39 is 6.10 Å². The standard InChI is InChI=1S/C17H15FN2O.C4H7NO2/c18-12-7-5-11(6-8-12)17-14(9-10-16(19)21)13-3-1-2-4-15(13)20-17;6-3-1-4(7)5-2-3/h1-8,20H,9-10H2,(H2,19,21);3,6H,1-2H2,(H,5,7). The third-order valence-electron chi connectivity index (χ3n) is 4.52. The predicted octanol–water partition coefficient (Wildman–Crippen LogP) is 2.26. The lowest BCUT2D eigenvalue weighted by Crippen LogP contribution is -2.14. The van der Waals surface area contributed by atoms with Gasteiger partial charge in [0.1, 0.15) is 5.82 Å². The van der Waals surface area contributed by atoms with Crippen LogP contribution in [0.4, 0.5) is 4.39 Å². The van der Waals surface area contributed by atoms with E-state index in [4.69, 9.17) is 10.8 Å². The largest absolute Gasteiger partial charge is 0.391 e. The van der Waals surface area contributed by atoms with E-state index >= 15 is 0 Å². The number of para-hydroxylation sites is 1. The quantitative estimate of drug-likeness (QED) is 0.555. The molecule has 6 nitrogen and oxygen atoms in total. The molecular formula is C21H22FN3O3. The molecule has 1 unspecified atom stereocenters. The zero-order valence-electron chi connectivity index (χ0n) is 15.2. The van der Waals surface area contributed by atoms with Crippen LogP contribution in [0.3, 0.4) is 0 Å². The molecule has 3 aromatic rings. The summed E-state index contributed by atoms with van der Waals surface area (Å²) < 4.78 is 13.1. The molecule has 2 aromatic carbocycles. The van der Waals surface area contributed by atoms with Crippen LogP contribution in [0, 0.1) is 5.82 Å². The second-order valence-corrected chi connectivity index (χ2v) is 6.66. The predicted molar refractivity (Wildman–Crippen MR) is 105 cm³/mol. The molecule has 0 aliphatic carbocycles. The number of aromatic amines is 1. The Bertz CT molecular complexity index is 982. The first kappa shape index (κ1) is 19.6. The van der Waals surface area contributed by atoms with Crippen molar-refractivity contribution in [2.24, 2.45) is 5.73 Å². The molecule has 2 amide bonds. The number of rotatable bonds is 4. The van der Waals surface area contributed by atoms with Gasteiger partial charge in [0.25, 0.3) is 0 Å². The van der Waals surface area contributed by atoms with Crippen molar-refractivity contribution in [3.8, 4) is 11.3 Å². The van der Waals surface area contributed by atoms with E-state index in [-0.39, 0.29) is 30.5 Å². The van der Waals surface area contributed by atoms with Crippen LogP contribution in [0.5, 0.6) is 0 Å². The number of amides is 2. The molecule has 2 heterocycles. The zero-order valence-corrected chi connectivity index (χ0v) is 15.2. The molecule has 7 heteroatoms. The SMILES string of the molecule is NC(=O)CCc1c(-c2ccc(F)cc2)[nH]c2ccccc12.O=C1CC(O)CN1. The summed E-state index contributed by atoms with van der Waals surface area (Å²) in [5, 5.41) is 12.2. The Kier molecular flexibility index (Phi) is 6.06. The molecular weight excluding hydrogens is 361 g/mol. The number of nitrogens with one attached hydrogen (secondary N) is 2. The second kappa shape index (κ2) is 8.67. The van der Waals surface area contributed by atoms with Crippen molar-refractivity contribution in [2.75, 3.05) is 6.54 Å². The first-order valence-corrected chi connectivity index (χ1v) is 9.02. The van der Waals surface area contributed by atoms with Gasteiger partial charge in [-0.05, 0) is 47.9 Å². The molecule has 0 spiro atoms. The number of carbonyl (C=O) groups excluding carboxylic acids is 2. The van der Waals surface area contributed by atoms with Crippen LogP contribution in [0.2, 0.25) is 0 Å². The number of hydrogen-bond donors (Lipinski definition) is 4. The van der Waals surface area contributed by atoms with Gasteiger partial charge in [0, 0.05) is 29.6 Å². The smallest absolute Gasteiger partial charge is 0.222 e. The van der Waals surface area contributed by atoms with Crippen molar-refractivity contribution in [2.45, 2.75) is 25.4 Å². The van der Waals surface area contributed by atoms with Gasteiger partial charge in [0.15, 0.2) is 0 Å². The Morgan fingerprint density at radius 3 is 2.46 bits per heavy atom. The maximum atomic E-state index is 13.1. The van der Waals surface area contributed by atoms with Crippen molar-refractivity contribution < 1.29 is 19.1 Å². The number of β-amino-alcohol motifs (C(OH)–C–C–N with tert-alkyl or cyclic N) is 1. The molecule has 28 heavy (non-hydrogen) atoms. The summed E-state index contributed by atoms with van der Waals surface area (Å²) in [5.74, 6) is -0.647. The number of halogens is 1. The van der Waals surface area contributed by atoms with Gasteiger partial charge in [0.2, 0.25) is 11.8 Å². The normalized spacial score (nSPS) is 15.8. The number of aliphatic hydroxyl groups excluding tert-OH is 1. The van der Waals surface area contributed by atoms with Gasteiger partial charge in [-0.15, -0.1) is 0 Å². The van der Waals surface area contributed by atoms with E-state index in [0.717, 1.165) is 27.7 Å². The number of hydrogen-bond acceptors (Lipinski definition) is 3. The maximum absolute atomic E-state index is 13.1. The number of primary amides is 1. The lowest BCUT2D eigenvalue weighted by Gasteiger charge is -2.04. The molecule has 1 aliphatic rings. The van der Waals surface area contributed by atoms with Crippen molar-refractivity contribution in [1.82, 2.24) is 10.3 Å². The molecule has 5 N–H and O–H groups in total. The highest BCUT2D eigenvalue weighted by Crippen LogP contribution is 2.31. The Hall–Kier alpha value is -3.19. The zero-order chi connectivity index (χ0) is 20.1. The number of aromatic nitrogens is 1. The highest BCUT2D eigenvalue weighted by atomic mass is 19.1. The molecule has 1 aliphatic heterocycles. The van der Waals surface area contributed by atoms with Crippen molar-refractivity contribution in [3.63, 3.8) is 0 Å². The van der Waals surface area contributed by atoms with Crippen LogP contribution in [0.25, 0.3) is 22.2 Å². The van der Waals surface area contributed by atoms with Crippen LogP contribution in [0.1, 0.15) is 18.4 Å². The first-order valence-electron chi connectivity index (χ1n) is 9.02. The molecule has 1 aromatic heterocycles. The van der Waals surface area contributed by atoms with Crippen LogP contribution in [-0.2, 0) is 16.0 Å². The van der Waals surface area contributed by atoms with E-state index in [1.807, 2.05) is 24.3 Å². The second-order valence-electron chi connectivity index (χ2n) is 6.66. The Morgan fingerprint density at radius 1 is 1.18 bits per heavy atom. The minimum Gasteiger partial charge on any atom is -0.391 e. The number of carbonyl (C=O) groups is 2. The van der Waals surface area contributed by atoms with E-state index in [1.165, 1.54) is 12.1 Å². The van der Waals surface area contributed by atoms with Crippen molar-refractivity contribution in [3.05, 3.63) is 59.9 Å². The van der Waals surface area contributed by atoms with Gasteiger partial charge in [-0.2, -0.15) is 0 Å². The topological polar surface area (TPSA) is 108 Å². The monoisotopic (exact) mass is 383 g/mol. The van der Waals surface area contributed by atoms with Crippen LogP contribution in [-0.4, -0.2) is 34.6 Å². The van der Waals surface area contributed by atoms with Gasteiger partial charge in [-0.3, -0.25) is 9.59 Å². The average molecular weight is 383 g/mol. The summed E-state index contributed by atoms with van der Waals surface area (Å²) in [6.45, 7) is 0.429. The molecule has 0 radical (unpaired) electrons. The third-order valence-corrected chi connectivity index (χ3v) is 4.52. The average Bonchev–Trinajstić information content (AvgIpc) is 3.23. The molecule has 1 atom stereocenters. The summed E-state index contributed by atoms with van der Waals surface area (Å²) in [6, 6.07) is 14.2. The Balaban J connectivity index is 0.000000271. The molecule has 0 saturated carbocycles. The summed E-state index contributed by atoms with van der Waals surface area (Å²) >= 11 is 0. The lowest BCUT2D eigenvalue weighted by atomic mass is 10.0. The number of aliphatic hydroxyl groups is 1. The number of fused-ring (bicyclic) bond motifs is 1. The minimum absolute atomic E-state index is 0.0486. The highest BCUT2D eigenvalue weighted by Gasteiger charge is 2.17. The molecule has 0 bridgehead atoms. The Morgan fingerprint density at radius 2 is 1.89 bits per heavy atom. The van der Waals surface area contributed by atoms with E-state index in [0.29, 0.717) is 13.0 Å². The molecule has 1 fully saturated rings. The summed E-state index contributed by atoms with van der Waals surface area (Å²) in [5.41, 5.74) is 9.11. The van der Waals surface area contributed by atoms with E-state index in [1.54, 1.807) is 12.1 Å². The number of benzene rings is 2. The van der Waals surface area contributed by atoms with Gasteiger partial charge in [0.05, 0.1) is 12.5 Å². The van der Waals surface area contributed by atoms with Crippen molar-refractivity contribution in [1.29, 1.82) is 0 Å². The number of H-pyrrole nitrogens is 1.